The number of anilines is 1. The Kier molecular flexibility index (Phi) is 7.65. The first-order valence-corrected chi connectivity index (χ1v) is 11.1. The van der Waals surface area contributed by atoms with E-state index >= 15 is 0 Å². The van der Waals surface area contributed by atoms with Crippen molar-refractivity contribution in [2.24, 2.45) is 0 Å². The number of methoxy groups -OCH3 is 2. The number of rotatable bonds is 10. The summed E-state index contributed by atoms with van der Waals surface area (Å²) in [5, 5.41) is 0.739. The molecule has 1 N–H and O–H groups in total. The fraction of sp³-hybridized carbons (Fsp3) is 0.391. The van der Waals surface area contributed by atoms with E-state index in [1.165, 1.54) is 16.2 Å². The number of nitrogens with zero attached hydrogens (tertiary/aromatic N) is 2. The Hall–Kier alpha value is -2.64. The van der Waals surface area contributed by atoms with E-state index in [0.29, 0.717) is 13.0 Å². The van der Waals surface area contributed by atoms with Crippen molar-refractivity contribution in [3.8, 4) is 11.5 Å². The van der Waals surface area contributed by atoms with Gasteiger partial charge in [-0.15, -0.1) is 0 Å². The zero-order valence-electron chi connectivity index (χ0n) is 18.1. The van der Waals surface area contributed by atoms with Crippen molar-refractivity contribution in [2.75, 3.05) is 45.3 Å². The van der Waals surface area contributed by atoms with Gasteiger partial charge in [-0.2, -0.15) is 0 Å². The van der Waals surface area contributed by atoms with Crippen molar-refractivity contribution < 1.29 is 19.2 Å². The van der Waals surface area contributed by atoms with Gasteiger partial charge in [0.05, 0.1) is 57.0 Å². The zero-order valence-corrected chi connectivity index (χ0v) is 18.9. The van der Waals surface area contributed by atoms with Crippen LogP contribution in [0.5, 0.6) is 11.5 Å². The number of likely N-dealkylation sites (N-methyl/N-ethyl adjacent to an activating group) is 1. The summed E-state index contributed by atoms with van der Waals surface area (Å²) in [6, 6.07) is 13.5. The Bertz CT molecular complexity index is 967. The molecule has 6 nitrogen and oxygen atoms in total. The number of carbonyl (C=O) groups is 1. The number of aromatic nitrogens is 1. The van der Waals surface area contributed by atoms with E-state index in [-0.39, 0.29) is 5.91 Å². The molecule has 1 aromatic heterocycles. The molecule has 3 rings (SSSR count). The molecule has 2 aromatic carbocycles. The fourth-order valence-electron chi connectivity index (χ4n) is 3.35. The summed E-state index contributed by atoms with van der Waals surface area (Å²) in [5.74, 6) is 1.63. The lowest BCUT2D eigenvalue weighted by molar-refractivity contribution is -0.894. The highest BCUT2D eigenvalue weighted by atomic mass is 32.1. The van der Waals surface area contributed by atoms with Crippen LogP contribution in [-0.4, -0.2) is 51.3 Å². The predicted molar refractivity (Wildman–Crippen MR) is 122 cm³/mol. The van der Waals surface area contributed by atoms with Crippen LogP contribution in [0.15, 0.2) is 42.5 Å². The van der Waals surface area contributed by atoms with Crippen molar-refractivity contribution >= 4 is 32.6 Å². The maximum absolute atomic E-state index is 13.3. The van der Waals surface area contributed by atoms with Gasteiger partial charge in [0.15, 0.2) is 5.13 Å². The second kappa shape index (κ2) is 10.4. The topological polar surface area (TPSA) is 56.1 Å². The van der Waals surface area contributed by atoms with Gasteiger partial charge in [-0.3, -0.25) is 9.69 Å². The molecule has 1 amide bonds. The van der Waals surface area contributed by atoms with Crippen molar-refractivity contribution in [2.45, 2.75) is 20.3 Å². The third-order valence-corrected chi connectivity index (χ3v) is 6.36. The number of hydrogen-bond acceptors (Lipinski definition) is 5. The number of ether oxygens (including phenoxy) is 2. The zero-order chi connectivity index (χ0) is 21.5. The smallest absolute Gasteiger partial charge is 0.233 e. The first-order valence-electron chi connectivity index (χ1n) is 10.3. The van der Waals surface area contributed by atoms with E-state index in [1.54, 1.807) is 14.2 Å². The van der Waals surface area contributed by atoms with Crippen LogP contribution < -0.4 is 19.3 Å². The van der Waals surface area contributed by atoms with E-state index in [0.717, 1.165) is 52.0 Å². The molecule has 30 heavy (non-hydrogen) atoms. The average Bonchev–Trinajstić information content (AvgIpc) is 3.19. The molecule has 0 saturated carbocycles. The van der Waals surface area contributed by atoms with Crippen molar-refractivity contribution in [3.05, 3.63) is 48.0 Å². The lowest BCUT2D eigenvalue weighted by Gasteiger charge is -2.23. The van der Waals surface area contributed by atoms with E-state index < -0.39 is 0 Å². The highest BCUT2D eigenvalue weighted by Crippen LogP contribution is 2.31. The number of benzene rings is 2. The molecule has 0 aliphatic rings. The van der Waals surface area contributed by atoms with Crippen molar-refractivity contribution in [1.82, 2.24) is 4.98 Å². The molecule has 1 heterocycles. The number of quaternary nitrogens is 1. The molecule has 7 heteroatoms. The van der Waals surface area contributed by atoms with Gasteiger partial charge in [0.25, 0.3) is 0 Å². The number of hydrogen-bond donors (Lipinski definition) is 1. The SMILES string of the molecule is CC[NH+](CC)CCN(C(=O)Cc1ccc(OC)cc1)c1nc2ccc(OC)cc2s1. The minimum Gasteiger partial charge on any atom is -0.497 e. The molecule has 0 aliphatic heterocycles. The predicted octanol–water partition coefficient (Wildman–Crippen LogP) is 2.81. The second-order valence-corrected chi connectivity index (χ2v) is 8.12. The molecule has 0 spiro atoms. The first-order chi connectivity index (χ1) is 14.6. The molecule has 160 valence electrons. The molecule has 0 radical (unpaired) electrons. The summed E-state index contributed by atoms with van der Waals surface area (Å²) in [7, 11) is 3.29. The van der Waals surface area contributed by atoms with Crippen molar-refractivity contribution in [3.63, 3.8) is 0 Å². The molecule has 0 atom stereocenters. The summed E-state index contributed by atoms with van der Waals surface area (Å²) in [6.07, 6.45) is 0.330. The minimum atomic E-state index is 0.0535. The Morgan fingerprint density at radius 2 is 1.70 bits per heavy atom. The summed E-state index contributed by atoms with van der Waals surface area (Å²) < 4.78 is 11.6. The van der Waals surface area contributed by atoms with Gasteiger partial charge in [0.1, 0.15) is 11.5 Å². The van der Waals surface area contributed by atoms with Crippen LogP contribution in [0.4, 0.5) is 5.13 Å². The lowest BCUT2D eigenvalue weighted by atomic mass is 10.1. The van der Waals surface area contributed by atoms with Gasteiger partial charge in [0, 0.05) is 0 Å². The maximum atomic E-state index is 13.3. The number of fused-ring (bicyclic) bond motifs is 1. The number of nitrogens with one attached hydrogen (secondary N) is 1. The van der Waals surface area contributed by atoms with Gasteiger partial charge >= 0.3 is 0 Å². The van der Waals surface area contributed by atoms with Crippen LogP contribution >= 0.6 is 11.3 Å². The van der Waals surface area contributed by atoms with E-state index in [9.17, 15) is 4.79 Å². The molecular formula is C23H30N3O3S+. The van der Waals surface area contributed by atoms with Crippen LogP contribution in [0.2, 0.25) is 0 Å². The standard InChI is InChI=1S/C23H29N3O3S/c1-5-25(6-2)13-14-26(22(27)15-17-7-9-18(28-3)10-8-17)23-24-20-12-11-19(29-4)16-21(20)30-23/h7-12,16H,5-6,13-15H2,1-4H3/p+1. The molecule has 0 unspecified atom stereocenters. The summed E-state index contributed by atoms with van der Waals surface area (Å²) in [6.45, 7) is 7.95. The largest absolute Gasteiger partial charge is 0.497 e. The average molecular weight is 429 g/mol. The minimum absolute atomic E-state index is 0.0535. The summed E-state index contributed by atoms with van der Waals surface area (Å²) in [5.41, 5.74) is 1.84. The molecule has 0 saturated heterocycles. The quantitative estimate of drug-likeness (QED) is 0.540. The van der Waals surface area contributed by atoms with E-state index in [1.807, 2.05) is 47.4 Å². The first kappa shape index (κ1) is 22.1. The summed E-state index contributed by atoms with van der Waals surface area (Å²) in [4.78, 5) is 21.3. The maximum Gasteiger partial charge on any atom is 0.233 e. The third kappa shape index (κ3) is 5.29. The molecular weight excluding hydrogens is 398 g/mol. The van der Waals surface area contributed by atoms with Crippen LogP contribution in [0, 0.1) is 0 Å². The molecule has 0 bridgehead atoms. The Balaban J connectivity index is 1.85. The van der Waals surface area contributed by atoms with Gasteiger partial charge < -0.3 is 14.4 Å². The fourth-order valence-corrected chi connectivity index (χ4v) is 4.39. The van der Waals surface area contributed by atoms with Crippen LogP contribution in [-0.2, 0) is 11.2 Å². The highest BCUT2D eigenvalue weighted by molar-refractivity contribution is 7.22. The monoisotopic (exact) mass is 428 g/mol. The van der Waals surface area contributed by atoms with Crippen molar-refractivity contribution in [1.29, 1.82) is 0 Å². The molecule has 0 aliphatic carbocycles. The number of carbonyl (C=O) groups excluding carboxylic acids is 1. The lowest BCUT2D eigenvalue weighted by Crippen LogP contribution is -3.12. The molecule has 3 aromatic rings. The second-order valence-electron chi connectivity index (χ2n) is 7.11. The van der Waals surface area contributed by atoms with Gasteiger partial charge in [-0.25, -0.2) is 4.98 Å². The number of thiazole rings is 1. The van der Waals surface area contributed by atoms with Crippen LogP contribution in [0.1, 0.15) is 19.4 Å². The van der Waals surface area contributed by atoms with Gasteiger partial charge in [-0.05, 0) is 49.7 Å². The highest BCUT2D eigenvalue weighted by Gasteiger charge is 2.22. The van der Waals surface area contributed by atoms with E-state index in [2.05, 4.69) is 13.8 Å². The summed E-state index contributed by atoms with van der Waals surface area (Å²) >= 11 is 1.53. The van der Waals surface area contributed by atoms with Crippen LogP contribution in [0.3, 0.4) is 0 Å². The Labute approximate surface area is 182 Å². The van der Waals surface area contributed by atoms with Gasteiger partial charge in [0.2, 0.25) is 5.91 Å². The Morgan fingerprint density at radius 1 is 1.03 bits per heavy atom. The van der Waals surface area contributed by atoms with E-state index in [4.69, 9.17) is 14.5 Å². The number of amides is 1. The Morgan fingerprint density at radius 3 is 2.33 bits per heavy atom. The normalized spacial score (nSPS) is 11.1. The van der Waals surface area contributed by atoms with Gasteiger partial charge in [-0.1, -0.05) is 23.5 Å². The third-order valence-electron chi connectivity index (χ3n) is 5.32. The molecule has 0 fully saturated rings. The van der Waals surface area contributed by atoms with Crippen LogP contribution in [0.25, 0.3) is 10.2 Å².